The molecule has 2 amide bonds. The Balaban J connectivity index is 2.12. The molecule has 0 aliphatic rings. The van der Waals surface area contributed by atoms with Gasteiger partial charge in [-0.2, -0.15) is 0 Å². The van der Waals surface area contributed by atoms with Crippen molar-refractivity contribution in [2.45, 2.75) is 19.4 Å². The molecule has 0 radical (unpaired) electrons. The normalized spacial score (nSPS) is 11.9. The van der Waals surface area contributed by atoms with E-state index in [2.05, 4.69) is 5.32 Å². The van der Waals surface area contributed by atoms with Crippen molar-refractivity contribution in [2.24, 2.45) is 5.84 Å². The van der Waals surface area contributed by atoms with E-state index in [9.17, 15) is 9.59 Å². The third-order valence-corrected chi connectivity index (χ3v) is 3.14. The minimum Gasteiger partial charge on any atom is -0.344 e. The van der Waals surface area contributed by atoms with Crippen molar-refractivity contribution < 1.29 is 9.59 Å². The molecule has 0 spiro atoms. The Morgan fingerprint density at radius 1 is 1.15 bits per heavy atom. The summed E-state index contributed by atoms with van der Waals surface area (Å²) in [6, 6.07) is 13.1. The zero-order valence-corrected chi connectivity index (χ0v) is 11.2. The molecule has 0 aliphatic carbocycles. The molecule has 0 saturated heterocycles. The average Bonchev–Trinajstić information content (AvgIpc) is 2.46. The average molecular weight is 271 g/mol. The number of carbonyl (C=O) groups excluding carboxylic acids is 2. The Morgan fingerprint density at radius 3 is 2.60 bits per heavy atom. The number of hydrazine groups is 1. The van der Waals surface area contributed by atoms with E-state index in [4.69, 9.17) is 5.84 Å². The van der Waals surface area contributed by atoms with E-state index in [1.165, 1.54) is 0 Å². The fourth-order valence-corrected chi connectivity index (χ4v) is 2.10. The van der Waals surface area contributed by atoms with Gasteiger partial charge in [-0.15, -0.1) is 0 Å². The molecule has 0 saturated carbocycles. The monoisotopic (exact) mass is 271 g/mol. The van der Waals surface area contributed by atoms with E-state index in [1.54, 1.807) is 6.92 Å². The molecule has 0 unspecified atom stereocenters. The highest BCUT2D eigenvalue weighted by Crippen LogP contribution is 2.18. The Morgan fingerprint density at radius 2 is 1.85 bits per heavy atom. The van der Waals surface area contributed by atoms with Crippen LogP contribution in [0.2, 0.25) is 0 Å². The molecule has 4 N–H and O–H groups in total. The van der Waals surface area contributed by atoms with Crippen molar-refractivity contribution in [2.75, 3.05) is 0 Å². The van der Waals surface area contributed by atoms with E-state index >= 15 is 0 Å². The zero-order valence-electron chi connectivity index (χ0n) is 11.2. The van der Waals surface area contributed by atoms with E-state index in [-0.39, 0.29) is 12.3 Å². The van der Waals surface area contributed by atoms with Gasteiger partial charge in [0.15, 0.2) is 0 Å². The number of nitrogens with one attached hydrogen (secondary N) is 2. The summed E-state index contributed by atoms with van der Waals surface area (Å²) in [5.41, 5.74) is 2.94. The van der Waals surface area contributed by atoms with Crippen molar-refractivity contribution in [3.05, 3.63) is 48.0 Å². The molecule has 0 aromatic heterocycles. The molecule has 20 heavy (non-hydrogen) atoms. The van der Waals surface area contributed by atoms with Gasteiger partial charge in [-0.05, 0) is 23.3 Å². The fraction of sp³-hybridized carbons (Fsp3) is 0.200. The molecule has 2 rings (SSSR count). The lowest BCUT2D eigenvalue weighted by Crippen LogP contribution is -2.47. The lowest BCUT2D eigenvalue weighted by atomic mass is 10.0. The molecule has 104 valence electrons. The molecule has 0 fully saturated rings. The van der Waals surface area contributed by atoms with Crippen LogP contribution >= 0.6 is 0 Å². The predicted octanol–water partition coefficient (Wildman–Crippen LogP) is 0.877. The summed E-state index contributed by atoms with van der Waals surface area (Å²) in [6.07, 6.45) is 0.226. The summed E-state index contributed by atoms with van der Waals surface area (Å²) in [6.45, 7) is 1.59. The first kappa shape index (κ1) is 14.0. The van der Waals surface area contributed by atoms with Crippen LogP contribution in [0.15, 0.2) is 42.5 Å². The van der Waals surface area contributed by atoms with Crippen LogP contribution < -0.4 is 16.6 Å². The van der Waals surface area contributed by atoms with Crippen LogP contribution in [0.5, 0.6) is 0 Å². The summed E-state index contributed by atoms with van der Waals surface area (Å²) in [5, 5.41) is 4.74. The van der Waals surface area contributed by atoms with Crippen molar-refractivity contribution in [1.82, 2.24) is 10.7 Å². The maximum atomic E-state index is 12.0. The first-order chi connectivity index (χ1) is 9.61. The van der Waals surface area contributed by atoms with Gasteiger partial charge < -0.3 is 5.32 Å². The van der Waals surface area contributed by atoms with E-state index in [0.717, 1.165) is 16.3 Å². The molecular weight excluding hydrogens is 254 g/mol. The third kappa shape index (κ3) is 3.13. The van der Waals surface area contributed by atoms with Gasteiger partial charge in [0, 0.05) is 0 Å². The predicted molar refractivity (Wildman–Crippen MR) is 77.6 cm³/mol. The quantitative estimate of drug-likeness (QED) is 0.438. The number of amides is 2. The van der Waals surface area contributed by atoms with Gasteiger partial charge in [0.2, 0.25) is 5.91 Å². The second kappa shape index (κ2) is 6.16. The van der Waals surface area contributed by atoms with Gasteiger partial charge in [0.25, 0.3) is 5.91 Å². The number of nitrogens with two attached hydrogens (primary N) is 1. The van der Waals surface area contributed by atoms with Gasteiger partial charge in [0.05, 0.1) is 6.42 Å². The van der Waals surface area contributed by atoms with Crippen molar-refractivity contribution >= 4 is 22.6 Å². The number of carbonyl (C=O) groups is 2. The van der Waals surface area contributed by atoms with Crippen molar-refractivity contribution in [3.63, 3.8) is 0 Å². The van der Waals surface area contributed by atoms with Crippen molar-refractivity contribution in [3.8, 4) is 0 Å². The van der Waals surface area contributed by atoms with Gasteiger partial charge >= 0.3 is 0 Å². The Bertz CT molecular complexity index is 635. The highest BCUT2D eigenvalue weighted by molar-refractivity contribution is 5.92. The third-order valence-electron chi connectivity index (χ3n) is 3.14. The van der Waals surface area contributed by atoms with E-state index in [1.807, 2.05) is 47.9 Å². The van der Waals surface area contributed by atoms with Gasteiger partial charge in [-0.3, -0.25) is 15.0 Å². The summed E-state index contributed by atoms with van der Waals surface area (Å²) in [5.74, 6) is 4.39. The number of rotatable bonds is 4. The SMILES string of the molecule is C[C@H](NC(=O)Cc1cccc2ccccc12)C(=O)NN. The Kier molecular flexibility index (Phi) is 4.32. The lowest BCUT2D eigenvalue weighted by Gasteiger charge is -2.12. The minimum absolute atomic E-state index is 0.211. The Hall–Kier alpha value is -2.40. The van der Waals surface area contributed by atoms with Crippen LogP contribution in [0.1, 0.15) is 12.5 Å². The van der Waals surface area contributed by atoms with E-state index < -0.39 is 11.9 Å². The topological polar surface area (TPSA) is 84.2 Å². The van der Waals surface area contributed by atoms with E-state index in [0.29, 0.717) is 0 Å². The maximum Gasteiger partial charge on any atom is 0.256 e. The van der Waals surface area contributed by atoms with Crippen LogP contribution in [0, 0.1) is 0 Å². The first-order valence-electron chi connectivity index (χ1n) is 6.38. The first-order valence-corrected chi connectivity index (χ1v) is 6.38. The molecule has 2 aromatic carbocycles. The minimum atomic E-state index is -0.650. The van der Waals surface area contributed by atoms with Gasteiger partial charge in [-0.1, -0.05) is 42.5 Å². The summed E-state index contributed by atoms with van der Waals surface area (Å²) < 4.78 is 0. The standard InChI is InChI=1S/C15H17N3O2/c1-10(15(20)18-16)17-14(19)9-12-7-4-6-11-5-2-3-8-13(11)12/h2-8,10H,9,16H2,1H3,(H,17,19)(H,18,20)/t10-/m0/s1. The number of hydrogen-bond donors (Lipinski definition) is 3. The molecule has 0 aliphatic heterocycles. The summed E-state index contributed by atoms with van der Waals surface area (Å²) in [7, 11) is 0. The molecular formula is C15H17N3O2. The molecule has 2 aromatic rings. The highest BCUT2D eigenvalue weighted by atomic mass is 16.2. The largest absolute Gasteiger partial charge is 0.344 e. The molecule has 0 heterocycles. The Labute approximate surface area is 117 Å². The second-order valence-corrected chi connectivity index (χ2v) is 4.61. The molecule has 1 atom stereocenters. The van der Waals surface area contributed by atoms with Gasteiger partial charge in [0.1, 0.15) is 6.04 Å². The van der Waals surface area contributed by atoms with Crippen LogP contribution in [0.4, 0.5) is 0 Å². The number of hydrogen-bond acceptors (Lipinski definition) is 3. The smallest absolute Gasteiger partial charge is 0.256 e. The highest BCUT2D eigenvalue weighted by Gasteiger charge is 2.15. The number of fused-ring (bicyclic) bond motifs is 1. The summed E-state index contributed by atoms with van der Waals surface area (Å²) in [4.78, 5) is 23.2. The van der Waals surface area contributed by atoms with Crippen LogP contribution in [-0.4, -0.2) is 17.9 Å². The molecule has 0 bridgehead atoms. The summed E-state index contributed by atoms with van der Waals surface area (Å²) >= 11 is 0. The van der Waals surface area contributed by atoms with Crippen LogP contribution in [-0.2, 0) is 16.0 Å². The number of benzene rings is 2. The maximum absolute atomic E-state index is 12.0. The molecule has 5 heteroatoms. The zero-order chi connectivity index (χ0) is 14.5. The lowest BCUT2D eigenvalue weighted by molar-refractivity contribution is -0.128. The van der Waals surface area contributed by atoms with Crippen LogP contribution in [0.3, 0.4) is 0 Å². The molecule has 5 nitrogen and oxygen atoms in total. The van der Waals surface area contributed by atoms with Crippen molar-refractivity contribution in [1.29, 1.82) is 0 Å². The fourth-order valence-electron chi connectivity index (χ4n) is 2.10. The van der Waals surface area contributed by atoms with Gasteiger partial charge in [-0.25, -0.2) is 5.84 Å². The second-order valence-electron chi connectivity index (χ2n) is 4.61. The van der Waals surface area contributed by atoms with Crippen LogP contribution in [0.25, 0.3) is 10.8 Å².